The molecule has 0 aliphatic carbocycles. The highest BCUT2D eigenvalue weighted by atomic mass is 16.6. The Morgan fingerprint density at radius 2 is 0.714 bits per heavy atom. The number of hydrogen-bond acceptors (Lipinski definition) is 6. The summed E-state index contributed by atoms with van der Waals surface area (Å²) in [5, 5.41) is 0. The number of ether oxygens (including phenoxy) is 3. The summed E-state index contributed by atoms with van der Waals surface area (Å²) in [6, 6.07) is 0. The summed E-state index contributed by atoms with van der Waals surface area (Å²) in [5.74, 6) is -1.06. The van der Waals surface area contributed by atoms with Crippen LogP contribution in [0.25, 0.3) is 0 Å². The molecule has 354 valence electrons. The van der Waals surface area contributed by atoms with E-state index in [1.54, 1.807) is 0 Å². The number of esters is 3. The van der Waals surface area contributed by atoms with E-state index in [0.29, 0.717) is 12.8 Å². The fraction of sp³-hybridized carbons (Fsp3) is 0.596. The minimum Gasteiger partial charge on any atom is -0.462 e. The molecule has 0 heterocycles. The molecule has 1 atom stereocenters. The molecule has 0 saturated heterocycles. The zero-order valence-corrected chi connectivity index (χ0v) is 40.3. The molecular formula is C57H90O6. The van der Waals surface area contributed by atoms with Gasteiger partial charge in [-0.25, -0.2) is 0 Å². The van der Waals surface area contributed by atoms with Gasteiger partial charge in [0.05, 0.1) is 0 Å². The molecule has 0 spiro atoms. The van der Waals surface area contributed by atoms with Crippen molar-refractivity contribution in [2.45, 2.75) is 207 Å². The Morgan fingerprint density at radius 1 is 0.349 bits per heavy atom. The second-order valence-corrected chi connectivity index (χ2v) is 16.2. The van der Waals surface area contributed by atoms with Crippen LogP contribution in [0.1, 0.15) is 201 Å². The maximum absolute atomic E-state index is 12.8. The lowest BCUT2D eigenvalue weighted by Crippen LogP contribution is -2.30. The van der Waals surface area contributed by atoms with Gasteiger partial charge in [0, 0.05) is 19.3 Å². The standard InChI is InChI=1S/C57H90O6/c1-4-7-10-13-16-19-22-25-27-28-30-32-35-38-41-44-47-50-56(59)62-53-54(52-61-55(58)49-46-43-40-37-34-31-24-21-18-15-12-9-6-3)63-57(60)51-48-45-42-39-36-33-29-26-23-20-17-14-11-8-5-2/h7,10,13,16-17,19-20,22-23,25-28,30-32,34-35,40,43,54H,4-6,8-9,11-12,14-15,18,21,24,29,33,36-39,41-42,44-53H2,1-3H3/b10-7-,16-13-,20-17-,22-19-,26-23-,27-25-,30-28+,34-31-,35-32-,43-40-. The van der Waals surface area contributed by atoms with Crippen LogP contribution in [0, 0.1) is 0 Å². The molecule has 0 rings (SSSR count). The Morgan fingerprint density at radius 3 is 1.25 bits per heavy atom. The highest BCUT2D eigenvalue weighted by Crippen LogP contribution is 2.12. The van der Waals surface area contributed by atoms with Crippen LogP contribution in [-0.2, 0) is 28.6 Å². The predicted octanol–water partition coefficient (Wildman–Crippen LogP) is 16.5. The summed E-state index contributed by atoms with van der Waals surface area (Å²) in [7, 11) is 0. The van der Waals surface area contributed by atoms with Crippen molar-refractivity contribution in [2.24, 2.45) is 0 Å². The molecule has 0 aromatic carbocycles. The first-order valence-corrected chi connectivity index (χ1v) is 25.1. The smallest absolute Gasteiger partial charge is 0.306 e. The van der Waals surface area contributed by atoms with Crippen LogP contribution >= 0.6 is 0 Å². The topological polar surface area (TPSA) is 78.9 Å². The fourth-order valence-electron chi connectivity index (χ4n) is 6.34. The maximum atomic E-state index is 12.8. The van der Waals surface area contributed by atoms with E-state index in [-0.39, 0.29) is 44.0 Å². The van der Waals surface area contributed by atoms with Crippen molar-refractivity contribution in [3.8, 4) is 0 Å². The van der Waals surface area contributed by atoms with Gasteiger partial charge in [-0.3, -0.25) is 14.4 Å². The zero-order chi connectivity index (χ0) is 45.8. The van der Waals surface area contributed by atoms with E-state index < -0.39 is 6.10 Å². The van der Waals surface area contributed by atoms with Crippen LogP contribution < -0.4 is 0 Å². The molecule has 0 aliphatic heterocycles. The van der Waals surface area contributed by atoms with Crippen molar-refractivity contribution < 1.29 is 28.6 Å². The van der Waals surface area contributed by atoms with Crippen molar-refractivity contribution >= 4 is 17.9 Å². The van der Waals surface area contributed by atoms with E-state index in [2.05, 4.69) is 75.5 Å². The third kappa shape index (κ3) is 48.7. The lowest BCUT2D eigenvalue weighted by Gasteiger charge is -2.18. The minimum absolute atomic E-state index is 0.127. The quantitative estimate of drug-likeness (QED) is 0.0200. The van der Waals surface area contributed by atoms with E-state index in [1.165, 1.54) is 70.6 Å². The molecule has 0 fully saturated rings. The molecule has 0 N–H and O–H groups in total. The Hall–Kier alpha value is -4.19. The Kier molecular flexibility index (Phi) is 47.1. The number of allylic oxidation sites excluding steroid dienone is 20. The van der Waals surface area contributed by atoms with Crippen molar-refractivity contribution in [3.63, 3.8) is 0 Å². The van der Waals surface area contributed by atoms with Crippen LogP contribution in [0.2, 0.25) is 0 Å². The van der Waals surface area contributed by atoms with Crippen molar-refractivity contribution in [1.29, 1.82) is 0 Å². The molecule has 63 heavy (non-hydrogen) atoms. The van der Waals surface area contributed by atoms with Gasteiger partial charge in [0.25, 0.3) is 0 Å². The van der Waals surface area contributed by atoms with Gasteiger partial charge < -0.3 is 14.2 Å². The molecular weight excluding hydrogens is 781 g/mol. The van der Waals surface area contributed by atoms with Crippen LogP contribution in [0.4, 0.5) is 0 Å². The van der Waals surface area contributed by atoms with Gasteiger partial charge in [0.2, 0.25) is 0 Å². The Bertz CT molecular complexity index is 1370. The lowest BCUT2D eigenvalue weighted by molar-refractivity contribution is -0.166. The first-order valence-electron chi connectivity index (χ1n) is 25.1. The van der Waals surface area contributed by atoms with Crippen LogP contribution in [0.3, 0.4) is 0 Å². The lowest BCUT2D eigenvalue weighted by atomic mass is 10.1. The molecule has 0 amide bonds. The van der Waals surface area contributed by atoms with Crippen molar-refractivity contribution in [3.05, 3.63) is 122 Å². The van der Waals surface area contributed by atoms with Gasteiger partial charge in [-0.1, -0.05) is 219 Å². The number of carbonyl (C=O) groups excluding carboxylic acids is 3. The van der Waals surface area contributed by atoms with Crippen LogP contribution in [0.5, 0.6) is 0 Å². The molecule has 6 heteroatoms. The van der Waals surface area contributed by atoms with Gasteiger partial charge >= 0.3 is 17.9 Å². The summed E-state index contributed by atoms with van der Waals surface area (Å²) >= 11 is 0. The van der Waals surface area contributed by atoms with Crippen molar-refractivity contribution in [1.82, 2.24) is 0 Å². The summed E-state index contributed by atoms with van der Waals surface area (Å²) in [6.07, 6.45) is 69.0. The molecule has 0 aromatic heterocycles. The molecule has 0 aromatic rings. The third-order valence-electron chi connectivity index (χ3n) is 10.1. The average Bonchev–Trinajstić information content (AvgIpc) is 3.28. The summed E-state index contributed by atoms with van der Waals surface area (Å²) in [5.41, 5.74) is 0. The largest absolute Gasteiger partial charge is 0.462 e. The summed E-state index contributed by atoms with van der Waals surface area (Å²) < 4.78 is 16.7. The summed E-state index contributed by atoms with van der Waals surface area (Å²) in [4.78, 5) is 37.9. The monoisotopic (exact) mass is 871 g/mol. The highest BCUT2D eigenvalue weighted by molar-refractivity contribution is 5.71. The second kappa shape index (κ2) is 50.5. The minimum atomic E-state index is -0.828. The summed E-state index contributed by atoms with van der Waals surface area (Å²) in [6.45, 7) is 6.33. The van der Waals surface area contributed by atoms with E-state index >= 15 is 0 Å². The number of unbranched alkanes of at least 4 members (excludes halogenated alkanes) is 18. The van der Waals surface area contributed by atoms with Gasteiger partial charge in [0.1, 0.15) is 13.2 Å². The third-order valence-corrected chi connectivity index (χ3v) is 10.1. The average molecular weight is 871 g/mol. The van der Waals surface area contributed by atoms with E-state index in [1.807, 2.05) is 66.8 Å². The highest BCUT2D eigenvalue weighted by Gasteiger charge is 2.19. The molecule has 6 nitrogen and oxygen atoms in total. The predicted molar refractivity (Wildman–Crippen MR) is 269 cm³/mol. The van der Waals surface area contributed by atoms with Gasteiger partial charge in [-0.05, 0) is 83.5 Å². The van der Waals surface area contributed by atoms with Crippen molar-refractivity contribution in [2.75, 3.05) is 13.2 Å². The zero-order valence-electron chi connectivity index (χ0n) is 40.3. The maximum Gasteiger partial charge on any atom is 0.306 e. The molecule has 0 bridgehead atoms. The van der Waals surface area contributed by atoms with Crippen LogP contribution in [-0.4, -0.2) is 37.2 Å². The van der Waals surface area contributed by atoms with Gasteiger partial charge in [-0.15, -0.1) is 0 Å². The Balaban J connectivity index is 4.59. The molecule has 0 aliphatic rings. The SMILES string of the molecule is CC\C=C/C=C\C=C/C=C\C=C\C=C/CCCCCC(=O)OCC(COC(=O)CC/C=C\C/C=C\CCCCCCCC)OC(=O)CCCCCCCC/C=C\C=C/CCCCC. The van der Waals surface area contributed by atoms with E-state index in [0.717, 1.165) is 83.5 Å². The first kappa shape index (κ1) is 58.8. The van der Waals surface area contributed by atoms with Gasteiger partial charge in [-0.2, -0.15) is 0 Å². The fourth-order valence-corrected chi connectivity index (χ4v) is 6.34. The molecule has 1 unspecified atom stereocenters. The Labute approximate surface area is 386 Å². The van der Waals surface area contributed by atoms with Gasteiger partial charge in [0.15, 0.2) is 6.10 Å². The van der Waals surface area contributed by atoms with Crippen LogP contribution in [0.15, 0.2) is 122 Å². The second-order valence-electron chi connectivity index (χ2n) is 16.2. The first-order chi connectivity index (χ1) is 31.0. The van der Waals surface area contributed by atoms with E-state index in [4.69, 9.17) is 14.2 Å². The molecule has 0 radical (unpaired) electrons. The normalized spacial score (nSPS) is 13.1. The molecule has 0 saturated carbocycles. The number of carbonyl (C=O) groups is 3. The van der Waals surface area contributed by atoms with E-state index in [9.17, 15) is 14.4 Å². The number of rotatable bonds is 43. The number of hydrogen-bond donors (Lipinski definition) is 0.